The molecule has 122 valence electrons. The molecule has 2 rings (SSSR count). The summed E-state index contributed by atoms with van der Waals surface area (Å²) in [6.45, 7) is 13.4. The smallest absolute Gasteiger partial charge is 0.410 e. The monoisotopic (exact) mass is 298 g/mol. The molecule has 0 saturated carbocycles. The molecule has 0 atom stereocenters. The molecule has 0 bridgehead atoms. The summed E-state index contributed by atoms with van der Waals surface area (Å²) in [6, 6.07) is 0. The maximum atomic E-state index is 12.0. The average molecular weight is 298 g/mol. The molecule has 0 aliphatic carbocycles. The molecule has 0 radical (unpaired) electrons. The molecular formula is C16H30N2O3. The van der Waals surface area contributed by atoms with Crippen molar-refractivity contribution in [1.82, 2.24) is 10.2 Å². The minimum absolute atomic E-state index is 0.173. The molecule has 2 aliphatic heterocycles. The van der Waals surface area contributed by atoms with Gasteiger partial charge in [-0.2, -0.15) is 0 Å². The lowest BCUT2D eigenvalue weighted by Gasteiger charge is -2.39. The third-order valence-corrected chi connectivity index (χ3v) is 4.15. The summed E-state index contributed by atoms with van der Waals surface area (Å²) in [6.07, 6.45) is 1.94. The standard InChI is InChI=1S/C16H30N2O3/c1-15(2,3)21-14(19)18-7-5-13(6-8-18)9-17-10-16(4)11-20-12-16/h13,17H,5-12H2,1-4H3. The van der Waals surface area contributed by atoms with Crippen molar-refractivity contribution in [3.8, 4) is 0 Å². The van der Waals surface area contributed by atoms with Crippen LogP contribution >= 0.6 is 0 Å². The van der Waals surface area contributed by atoms with Crippen molar-refractivity contribution in [2.45, 2.75) is 46.1 Å². The molecular weight excluding hydrogens is 268 g/mol. The molecule has 1 N–H and O–H groups in total. The Bertz CT molecular complexity index is 353. The SMILES string of the molecule is CC1(CNCC2CCN(C(=O)OC(C)(C)C)CC2)COC1. The van der Waals surface area contributed by atoms with Crippen molar-refractivity contribution in [2.24, 2.45) is 11.3 Å². The van der Waals surface area contributed by atoms with E-state index in [4.69, 9.17) is 9.47 Å². The van der Waals surface area contributed by atoms with E-state index in [2.05, 4.69) is 12.2 Å². The van der Waals surface area contributed by atoms with Gasteiger partial charge < -0.3 is 19.7 Å². The van der Waals surface area contributed by atoms with E-state index in [0.29, 0.717) is 11.3 Å². The lowest BCUT2D eigenvalue weighted by molar-refractivity contribution is -0.0993. The first kappa shape index (κ1) is 16.6. The van der Waals surface area contributed by atoms with Gasteiger partial charge in [-0.1, -0.05) is 6.92 Å². The Morgan fingerprint density at radius 2 is 1.95 bits per heavy atom. The molecule has 21 heavy (non-hydrogen) atoms. The highest BCUT2D eigenvalue weighted by Gasteiger charge is 2.33. The number of amides is 1. The molecule has 1 amide bonds. The van der Waals surface area contributed by atoms with Gasteiger partial charge in [0.1, 0.15) is 5.60 Å². The molecule has 0 aromatic heterocycles. The Hall–Kier alpha value is -0.810. The summed E-state index contributed by atoms with van der Waals surface area (Å²) in [5, 5.41) is 3.57. The van der Waals surface area contributed by atoms with Crippen molar-refractivity contribution >= 4 is 6.09 Å². The Balaban J connectivity index is 1.62. The van der Waals surface area contributed by atoms with Gasteiger partial charge in [-0.05, 0) is 46.1 Å². The van der Waals surface area contributed by atoms with Crippen LogP contribution in [0.4, 0.5) is 4.79 Å². The number of rotatable bonds is 4. The van der Waals surface area contributed by atoms with E-state index in [1.807, 2.05) is 25.7 Å². The van der Waals surface area contributed by atoms with E-state index >= 15 is 0 Å². The van der Waals surface area contributed by atoms with Gasteiger partial charge in [0.05, 0.1) is 13.2 Å². The molecule has 0 spiro atoms. The molecule has 2 saturated heterocycles. The first-order chi connectivity index (χ1) is 9.77. The summed E-state index contributed by atoms with van der Waals surface area (Å²) in [5.74, 6) is 0.660. The van der Waals surface area contributed by atoms with Gasteiger partial charge in [0.2, 0.25) is 0 Å². The number of carbonyl (C=O) groups is 1. The van der Waals surface area contributed by atoms with E-state index in [9.17, 15) is 4.79 Å². The van der Waals surface area contributed by atoms with Crippen LogP contribution in [-0.2, 0) is 9.47 Å². The molecule has 2 fully saturated rings. The summed E-state index contributed by atoms with van der Waals surface area (Å²) in [5.41, 5.74) is -0.0764. The van der Waals surface area contributed by atoms with Crippen LogP contribution in [0.5, 0.6) is 0 Å². The number of ether oxygens (including phenoxy) is 2. The second-order valence-corrected chi connectivity index (χ2v) is 7.85. The minimum Gasteiger partial charge on any atom is -0.444 e. The number of likely N-dealkylation sites (tertiary alicyclic amines) is 1. The molecule has 5 nitrogen and oxygen atoms in total. The van der Waals surface area contributed by atoms with Crippen LogP contribution in [0.25, 0.3) is 0 Å². The molecule has 0 aromatic carbocycles. The van der Waals surface area contributed by atoms with E-state index in [1.165, 1.54) is 0 Å². The molecule has 2 aliphatic rings. The van der Waals surface area contributed by atoms with Gasteiger partial charge in [-0.3, -0.25) is 0 Å². The average Bonchev–Trinajstić information content (AvgIpc) is 2.35. The van der Waals surface area contributed by atoms with Crippen molar-refractivity contribution in [3.05, 3.63) is 0 Å². The number of carbonyl (C=O) groups excluding carboxylic acids is 1. The summed E-state index contributed by atoms with van der Waals surface area (Å²) < 4.78 is 10.7. The highest BCUT2D eigenvalue weighted by atomic mass is 16.6. The predicted molar refractivity (Wildman–Crippen MR) is 82.3 cm³/mol. The number of piperidine rings is 1. The number of hydrogen-bond acceptors (Lipinski definition) is 4. The maximum Gasteiger partial charge on any atom is 0.410 e. The number of nitrogens with one attached hydrogen (secondary N) is 1. The van der Waals surface area contributed by atoms with Gasteiger partial charge in [0.15, 0.2) is 0 Å². The van der Waals surface area contributed by atoms with E-state index in [0.717, 1.165) is 52.2 Å². The van der Waals surface area contributed by atoms with Crippen LogP contribution in [0.2, 0.25) is 0 Å². The van der Waals surface area contributed by atoms with Crippen LogP contribution in [0.1, 0.15) is 40.5 Å². The Morgan fingerprint density at radius 3 is 2.43 bits per heavy atom. The third-order valence-electron chi connectivity index (χ3n) is 4.15. The van der Waals surface area contributed by atoms with Crippen molar-refractivity contribution < 1.29 is 14.3 Å². The topological polar surface area (TPSA) is 50.8 Å². The second kappa shape index (κ2) is 6.53. The van der Waals surface area contributed by atoms with Crippen LogP contribution in [0, 0.1) is 11.3 Å². The first-order valence-corrected chi connectivity index (χ1v) is 8.04. The maximum absolute atomic E-state index is 12.0. The Labute approximate surface area is 128 Å². The summed E-state index contributed by atoms with van der Waals surface area (Å²) in [4.78, 5) is 13.8. The second-order valence-electron chi connectivity index (χ2n) is 7.85. The Morgan fingerprint density at radius 1 is 1.33 bits per heavy atom. The predicted octanol–water partition coefficient (Wildman–Crippen LogP) is 2.26. The van der Waals surface area contributed by atoms with Crippen molar-refractivity contribution in [3.63, 3.8) is 0 Å². The zero-order chi connectivity index (χ0) is 15.5. The van der Waals surface area contributed by atoms with Gasteiger partial charge in [0, 0.05) is 25.0 Å². The number of hydrogen-bond donors (Lipinski definition) is 1. The van der Waals surface area contributed by atoms with Crippen LogP contribution < -0.4 is 5.32 Å². The van der Waals surface area contributed by atoms with Gasteiger partial charge in [0.25, 0.3) is 0 Å². The molecule has 2 heterocycles. The molecule has 0 unspecified atom stereocenters. The van der Waals surface area contributed by atoms with Crippen LogP contribution in [0.15, 0.2) is 0 Å². The van der Waals surface area contributed by atoms with Crippen molar-refractivity contribution in [1.29, 1.82) is 0 Å². The Kier molecular flexibility index (Phi) is 5.15. The molecule has 0 aromatic rings. The van der Waals surface area contributed by atoms with Crippen LogP contribution in [-0.4, -0.2) is 56.0 Å². The highest BCUT2D eigenvalue weighted by Crippen LogP contribution is 2.25. The lowest BCUT2D eigenvalue weighted by atomic mass is 9.88. The van der Waals surface area contributed by atoms with Gasteiger partial charge in [-0.15, -0.1) is 0 Å². The molecule has 5 heteroatoms. The van der Waals surface area contributed by atoms with Crippen LogP contribution in [0.3, 0.4) is 0 Å². The van der Waals surface area contributed by atoms with Gasteiger partial charge >= 0.3 is 6.09 Å². The summed E-state index contributed by atoms with van der Waals surface area (Å²) in [7, 11) is 0. The van der Waals surface area contributed by atoms with E-state index < -0.39 is 5.60 Å². The minimum atomic E-state index is -0.407. The zero-order valence-electron chi connectivity index (χ0n) is 13.9. The normalized spacial score (nSPS) is 22.8. The fourth-order valence-corrected chi connectivity index (χ4v) is 2.78. The third kappa shape index (κ3) is 5.15. The number of nitrogens with zero attached hydrogens (tertiary/aromatic N) is 1. The zero-order valence-corrected chi connectivity index (χ0v) is 13.9. The largest absolute Gasteiger partial charge is 0.444 e. The van der Waals surface area contributed by atoms with E-state index in [1.54, 1.807) is 0 Å². The fraction of sp³-hybridized carbons (Fsp3) is 0.938. The quantitative estimate of drug-likeness (QED) is 0.865. The van der Waals surface area contributed by atoms with E-state index in [-0.39, 0.29) is 6.09 Å². The first-order valence-electron chi connectivity index (χ1n) is 8.04. The lowest BCUT2D eigenvalue weighted by Crippen LogP contribution is -2.49. The van der Waals surface area contributed by atoms with Crippen molar-refractivity contribution in [2.75, 3.05) is 39.4 Å². The summed E-state index contributed by atoms with van der Waals surface area (Å²) >= 11 is 0. The fourth-order valence-electron chi connectivity index (χ4n) is 2.78. The highest BCUT2D eigenvalue weighted by molar-refractivity contribution is 5.68. The van der Waals surface area contributed by atoms with Gasteiger partial charge in [-0.25, -0.2) is 4.79 Å².